The van der Waals surface area contributed by atoms with E-state index in [-0.39, 0.29) is 5.41 Å². The molecule has 0 aromatic heterocycles. The summed E-state index contributed by atoms with van der Waals surface area (Å²) < 4.78 is 0. The van der Waals surface area contributed by atoms with Crippen molar-refractivity contribution in [3.05, 3.63) is 36.5 Å². The van der Waals surface area contributed by atoms with Crippen LogP contribution in [-0.4, -0.2) is 0 Å². The van der Waals surface area contributed by atoms with E-state index < -0.39 is 0 Å². The molecule has 1 saturated carbocycles. The monoisotopic (exact) mass is 176 g/mol. The van der Waals surface area contributed by atoms with Crippen molar-refractivity contribution in [1.82, 2.24) is 0 Å². The molecule has 72 valence electrons. The van der Waals surface area contributed by atoms with Crippen LogP contribution in [0.2, 0.25) is 0 Å². The molecule has 0 aromatic rings. The molecule has 0 heterocycles. The summed E-state index contributed by atoms with van der Waals surface area (Å²) in [7, 11) is 0. The van der Waals surface area contributed by atoms with Crippen LogP contribution in [0.3, 0.4) is 0 Å². The summed E-state index contributed by atoms with van der Waals surface area (Å²) >= 11 is 0. The van der Waals surface area contributed by atoms with Crippen LogP contribution >= 0.6 is 0 Å². The fourth-order valence-electron chi connectivity index (χ4n) is 1.18. The van der Waals surface area contributed by atoms with Crippen LogP contribution in [0.4, 0.5) is 0 Å². The molecular formula is C13H20. The van der Waals surface area contributed by atoms with Gasteiger partial charge in [0.25, 0.3) is 0 Å². The standard InChI is InChI=1S/C13H20/c1-6-11(12-7-8-12)9-10(2)13(3,4)5/h6,9,12H,1-2,7-8H2,3-5H3/b11-9+. The van der Waals surface area contributed by atoms with Crippen LogP contribution < -0.4 is 0 Å². The highest BCUT2D eigenvalue weighted by atomic mass is 14.3. The van der Waals surface area contributed by atoms with Crippen molar-refractivity contribution in [3.63, 3.8) is 0 Å². The van der Waals surface area contributed by atoms with E-state index >= 15 is 0 Å². The van der Waals surface area contributed by atoms with E-state index in [1.807, 2.05) is 6.08 Å². The minimum Gasteiger partial charge on any atom is -0.0988 e. The van der Waals surface area contributed by atoms with Crippen molar-refractivity contribution in [2.45, 2.75) is 33.6 Å². The summed E-state index contributed by atoms with van der Waals surface area (Å²) in [6, 6.07) is 0. The van der Waals surface area contributed by atoms with Crippen molar-refractivity contribution in [1.29, 1.82) is 0 Å². The van der Waals surface area contributed by atoms with Crippen LogP contribution in [0.5, 0.6) is 0 Å². The number of allylic oxidation sites excluding steroid dienone is 4. The van der Waals surface area contributed by atoms with Crippen LogP contribution in [-0.2, 0) is 0 Å². The molecule has 0 atom stereocenters. The van der Waals surface area contributed by atoms with E-state index in [2.05, 4.69) is 40.0 Å². The van der Waals surface area contributed by atoms with Gasteiger partial charge in [-0.2, -0.15) is 0 Å². The van der Waals surface area contributed by atoms with Crippen molar-refractivity contribution < 1.29 is 0 Å². The predicted molar refractivity (Wildman–Crippen MR) is 59.6 cm³/mol. The molecule has 0 spiro atoms. The molecule has 1 aliphatic rings. The maximum Gasteiger partial charge on any atom is -0.0138 e. The lowest BCUT2D eigenvalue weighted by atomic mass is 9.86. The SMILES string of the molecule is C=C/C(=C\C(=C)C(C)(C)C)C1CC1. The van der Waals surface area contributed by atoms with Crippen molar-refractivity contribution in [2.24, 2.45) is 11.3 Å². The van der Waals surface area contributed by atoms with E-state index in [1.54, 1.807) is 0 Å². The lowest BCUT2D eigenvalue weighted by Crippen LogP contribution is -2.06. The van der Waals surface area contributed by atoms with Crippen molar-refractivity contribution >= 4 is 0 Å². The van der Waals surface area contributed by atoms with Crippen LogP contribution in [0.1, 0.15) is 33.6 Å². The van der Waals surface area contributed by atoms with Gasteiger partial charge in [-0.1, -0.05) is 46.1 Å². The molecule has 0 radical (unpaired) electrons. The average molecular weight is 176 g/mol. The second-order valence-corrected chi connectivity index (χ2v) is 4.90. The first-order valence-electron chi connectivity index (χ1n) is 4.98. The molecule has 0 aromatic carbocycles. The number of hydrogen-bond acceptors (Lipinski definition) is 0. The Balaban J connectivity index is 2.72. The Morgan fingerprint density at radius 3 is 2.15 bits per heavy atom. The van der Waals surface area contributed by atoms with Gasteiger partial charge in [0.2, 0.25) is 0 Å². The molecule has 0 N–H and O–H groups in total. The minimum atomic E-state index is 0.184. The third-order valence-electron chi connectivity index (χ3n) is 2.59. The van der Waals surface area contributed by atoms with Gasteiger partial charge in [-0.05, 0) is 35.3 Å². The molecule has 0 unspecified atom stereocenters. The molecule has 1 rings (SSSR count). The van der Waals surface area contributed by atoms with Crippen LogP contribution in [0.25, 0.3) is 0 Å². The third kappa shape index (κ3) is 2.87. The van der Waals surface area contributed by atoms with Gasteiger partial charge < -0.3 is 0 Å². The zero-order valence-corrected chi connectivity index (χ0v) is 9.06. The summed E-state index contributed by atoms with van der Waals surface area (Å²) in [5, 5.41) is 0. The number of rotatable bonds is 3. The molecular weight excluding hydrogens is 156 g/mol. The van der Waals surface area contributed by atoms with Gasteiger partial charge in [-0.25, -0.2) is 0 Å². The summed E-state index contributed by atoms with van der Waals surface area (Å²) in [5.41, 5.74) is 2.76. The average Bonchev–Trinajstić information content (AvgIpc) is 2.80. The zero-order chi connectivity index (χ0) is 10.1. The van der Waals surface area contributed by atoms with Crippen molar-refractivity contribution in [2.75, 3.05) is 0 Å². The van der Waals surface area contributed by atoms with Gasteiger partial charge >= 0.3 is 0 Å². The second kappa shape index (κ2) is 3.53. The smallest absolute Gasteiger partial charge is 0.0138 e. The van der Waals surface area contributed by atoms with E-state index in [4.69, 9.17) is 0 Å². The molecule has 1 aliphatic carbocycles. The topological polar surface area (TPSA) is 0 Å². The fraction of sp³-hybridized carbons (Fsp3) is 0.538. The fourth-order valence-corrected chi connectivity index (χ4v) is 1.18. The van der Waals surface area contributed by atoms with Gasteiger partial charge in [0.15, 0.2) is 0 Å². The Bertz CT molecular complexity index is 244. The van der Waals surface area contributed by atoms with Gasteiger partial charge in [-0.15, -0.1) is 0 Å². The largest absolute Gasteiger partial charge is 0.0988 e. The zero-order valence-electron chi connectivity index (χ0n) is 9.06. The Labute approximate surface area is 82.0 Å². The molecule has 0 bridgehead atoms. The summed E-state index contributed by atoms with van der Waals surface area (Å²) in [6.45, 7) is 14.5. The van der Waals surface area contributed by atoms with Gasteiger partial charge in [0, 0.05) is 0 Å². The van der Waals surface area contributed by atoms with Crippen LogP contribution in [0, 0.1) is 11.3 Å². The predicted octanol–water partition coefficient (Wildman–Crippen LogP) is 4.11. The lowest BCUT2D eigenvalue weighted by Gasteiger charge is -2.19. The molecule has 0 amide bonds. The van der Waals surface area contributed by atoms with E-state index in [1.165, 1.54) is 24.0 Å². The maximum absolute atomic E-state index is 4.10. The highest BCUT2D eigenvalue weighted by Crippen LogP contribution is 2.38. The Hall–Kier alpha value is -0.780. The molecule has 1 fully saturated rings. The molecule has 0 nitrogen and oxygen atoms in total. The summed E-state index contributed by atoms with van der Waals surface area (Å²) in [5.74, 6) is 0.775. The molecule has 0 heteroatoms. The normalized spacial score (nSPS) is 18.5. The van der Waals surface area contributed by atoms with Crippen LogP contribution in [0.15, 0.2) is 36.5 Å². The van der Waals surface area contributed by atoms with Gasteiger partial charge in [0.05, 0.1) is 0 Å². The first kappa shape index (κ1) is 10.3. The lowest BCUT2D eigenvalue weighted by molar-refractivity contribution is 0.518. The molecule has 0 aliphatic heterocycles. The summed E-state index contributed by atoms with van der Waals surface area (Å²) in [4.78, 5) is 0. The molecule has 0 saturated heterocycles. The van der Waals surface area contributed by atoms with Gasteiger partial charge in [0.1, 0.15) is 0 Å². The molecule has 13 heavy (non-hydrogen) atoms. The third-order valence-corrected chi connectivity index (χ3v) is 2.59. The highest BCUT2D eigenvalue weighted by molar-refractivity contribution is 5.34. The second-order valence-electron chi connectivity index (χ2n) is 4.90. The quantitative estimate of drug-likeness (QED) is 0.568. The van der Waals surface area contributed by atoms with E-state index in [0.717, 1.165) is 5.92 Å². The minimum absolute atomic E-state index is 0.184. The first-order chi connectivity index (χ1) is 5.95. The Morgan fingerprint density at radius 2 is 1.85 bits per heavy atom. The Kier molecular flexibility index (Phi) is 2.80. The maximum atomic E-state index is 4.10. The van der Waals surface area contributed by atoms with Crippen molar-refractivity contribution in [3.8, 4) is 0 Å². The Morgan fingerprint density at radius 1 is 1.31 bits per heavy atom. The number of hydrogen-bond donors (Lipinski definition) is 0. The van der Waals surface area contributed by atoms with E-state index in [0.29, 0.717) is 0 Å². The van der Waals surface area contributed by atoms with Gasteiger partial charge in [-0.3, -0.25) is 0 Å². The van der Waals surface area contributed by atoms with E-state index in [9.17, 15) is 0 Å². The highest BCUT2D eigenvalue weighted by Gasteiger charge is 2.25. The first-order valence-corrected chi connectivity index (χ1v) is 4.98. The summed E-state index contributed by atoms with van der Waals surface area (Å²) in [6.07, 6.45) is 6.85.